The monoisotopic (exact) mass is 168 g/mol. The molecule has 1 aliphatic heterocycles. The number of hydrogen-bond donors (Lipinski definition) is 1. The maximum Gasteiger partial charge on any atom is 0.0745 e. The van der Waals surface area contributed by atoms with Gasteiger partial charge in [-0.1, -0.05) is 13.3 Å². The summed E-state index contributed by atoms with van der Waals surface area (Å²) in [5.41, 5.74) is 3.98. The molecule has 0 aromatic carbocycles. The quantitative estimate of drug-likeness (QED) is 0.503. The van der Waals surface area contributed by atoms with Crippen molar-refractivity contribution in [3.8, 4) is 0 Å². The normalized spacial score (nSPS) is 15.9. The van der Waals surface area contributed by atoms with Crippen molar-refractivity contribution in [1.29, 1.82) is 0 Å². The summed E-state index contributed by atoms with van der Waals surface area (Å²) in [5.74, 6) is 0. The van der Waals surface area contributed by atoms with E-state index in [9.17, 15) is 0 Å². The molecule has 1 N–H and O–H groups in total. The van der Waals surface area contributed by atoms with Crippen molar-refractivity contribution in [2.45, 2.75) is 32.6 Å². The predicted molar refractivity (Wildman–Crippen MR) is 49.8 cm³/mol. The first-order chi connectivity index (χ1) is 5.93. The van der Waals surface area contributed by atoms with Crippen LogP contribution in [0.2, 0.25) is 0 Å². The van der Waals surface area contributed by atoms with Gasteiger partial charge in [-0.05, 0) is 19.3 Å². The molecule has 68 valence electrons. The summed E-state index contributed by atoms with van der Waals surface area (Å²) in [6, 6.07) is 0. The Morgan fingerprint density at radius 3 is 3.25 bits per heavy atom. The fraction of sp³-hybridized carbons (Fsp3) is 0.667. The number of allylic oxidation sites excluding steroid dienone is 1. The van der Waals surface area contributed by atoms with E-state index in [0.717, 1.165) is 31.6 Å². The average molecular weight is 168 g/mol. The van der Waals surface area contributed by atoms with E-state index in [1.807, 2.05) is 12.4 Å². The smallest absolute Gasteiger partial charge is 0.0745 e. The Kier molecular flexibility index (Phi) is 4.46. The van der Waals surface area contributed by atoms with Crippen LogP contribution in [-0.2, 0) is 4.84 Å². The van der Waals surface area contributed by atoms with Crippen molar-refractivity contribution >= 4 is 6.21 Å². The van der Waals surface area contributed by atoms with E-state index in [-0.39, 0.29) is 0 Å². The summed E-state index contributed by atoms with van der Waals surface area (Å²) >= 11 is 0. The zero-order chi connectivity index (χ0) is 8.65. The van der Waals surface area contributed by atoms with Crippen LogP contribution in [0.15, 0.2) is 16.9 Å². The van der Waals surface area contributed by atoms with Gasteiger partial charge in [0.25, 0.3) is 0 Å². The van der Waals surface area contributed by atoms with E-state index in [4.69, 9.17) is 4.84 Å². The highest BCUT2D eigenvalue weighted by Gasteiger charge is 1.98. The van der Waals surface area contributed by atoms with Crippen LogP contribution in [0.25, 0.3) is 0 Å². The van der Waals surface area contributed by atoms with E-state index in [0.29, 0.717) is 0 Å². The molecule has 0 radical (unpaired) electrons. The second-order valence-electron chi connectivity index (χ2n) is 2.83. The van der Waals surface area contributed by atoms with Crippen molar-refractivity contribution in [3.63, 3.8) is 0 Å². The Labute approximate surface area is 73.5 Å². The van der Waals surface area contributed by atoms with Gasteiger partial charge < -0.3 is 0 Å². The summed E-state index contributed by atoms with van der Waals surface area (Å²) < 4.78 is 0. The van der Waals surface area contributed by atoms with Crippen molar-refractivity contribution in [3.05, 3.63) is 11.9 Å². The van der Waals surface area contributed by atoms with Crippen LogP contribution < -0.4 is 5.48 Å². The van der Waals surface area contributed by atoms with Gasteiger partial charge in [0.05, 0.1) is 12.3 Å². The van der Waals surface area contributed by atoms with Crippen molar-refractivity contribution in [1.82, 2.24) is 5.48 Å². The van der Waals surface area contributed by atoms with Crippen molar-refractivity contribution in [2.24, 2.45) is 4.99 Å². The molecule has 0 aromatic heterocycles. The molecular formula is C9H16N2O. The molecule has 0 aromatic rings. The van der Waals surface area contributed by atoms with Gasteiger partial charge in [-0.15, -0.1) is 0 Å². The molecule has 0 spiro atoms. The molecule has 0 atom stereocenters. The zero-order valence-electron chi connectivity index (χ0n) is 7.55. The zero-order valence-corrected chi connectivity index (χ0v) is 7.55. The van der Waals surface area contributed by atoms with Crippen LogP contribution in [0.1, 0.15) is 32.6 Å². The lowest BCUT2D eigenvalue weighted by molar-refractivity contribution is 0.0582. The Bertz CT molecular complexity index is 175. The highest BCUT2D eigenvalue weighted by atomic mass is 16.6. The molecule has 0 saturated carbocycles. The van der Waals surface area contributed by atoms with Gasteiger partial charge in [0.2, 0.25) is 0 Å². The average Bonchev–Trinajstić information content (AvgIpc) is 2.14. The molecule has 3 nitrogen and oxygen atoms in total. The molecule has 1 rings (SSSR count). The van der Waals surface area contributed by atoms with Gasteiger partial charge in [-0.2, -0.15) is 0 Å². The molecule has 1 aliphatic rings. The molecular weight excluding hydrogens is 152 g/mol. The SMILES string of the molecule is CCCCONC1=CN=CCC1. The lowest BCUT2D eigenvalue weighted by atomic mass is 10.2. The highest BCUT2D eigenvalue weighted by Crippen LogP contribution is 2.04. The highest BCUT2D eigenvalue weighted by molar-refractivity contribution is 5.59. The first-order valence-electron chi connectivity index (χ1n) is 4.52. The van der Waals surface area contributed by atoms with Crippen molar-refractivity contribution in [2.75, 3.05) is 6.61 Å². The van der Waals surface area contributed by atoms with Gasteiger partial charge in [0.15, 0.2) is 0 Å². The summed E-state index contributed by atoms with van der Waals surface area (Å²) in [6.45, 7) is 2.92. The van der Waals surface area contributed by atoms with Gasteiger partial charge in [-0.25, -0.2) is 0 Å². The minimum atomic E-state index is 0.775. The molecule has 1 heterocycles. The molecule has 0 amide bonds. The minimum absolute atomic E-state index is 0.775. The third kappa shape index (κ3) is 3.53. The van der Waals surface area contributed by atoms with Crippen LogP contribution in [0, 0.1) is 0 Å². The van der Waals surface area contributed by atoms with Gasteiger partial charge in [-0.3, -0.25) is 15.3 Å². The fourth-order valence-corrected chi connectivity index (χ4v) is 0.939. The number of rotatable bonds is 5. The standard InChI is InChI=1S/C9H16N2O/c1-2-3-7-12-11-9-5-4-6-10-8-9/h6,8,11H,2-5,7H2,1H3. The lowest BCUT2D eigenvalue weighted by Gasteiger charge is -2.10. The third-order valence-corrected chi connectivity index (χ3v) is 1.68. The second-order valence-corrected chi connectivity index (χ2v) is 2.83. The predicted octanol–water partition coefficient (Wildman–Crippen LogP) is 2.01. The largest absolute Gasteiger partial charge is 0.276 e. The Hall–Kier alpha value is -0.830. The topological polar surface area (TPSA) is 33.6 Å². The summed E-state index contributed by atoms with van der Waals surface area (Å²) in [5, 5.41) is 0. The number of nitrogens with one attached hydrogen (secondary N) is 1. The first kappa shape index (κ1) is 9.26. The molecule has 3 heteroatoms. The van der Waals surface area contributed by atoms with E-state index in [1.165, 1.54) is 6.42 Å². The van der Waals surface area contributed by atoms with Gasteiger partial charge >= 0.3 is 0 Å². The van der Waals surface area contributed by atoms with E-state index < -0.39 is 0 Å². The molecule has 0 saturated heterocycles. The van der Waals surface area contributed by atoms with Crippen LogP contribution >= 0.6 is 0 Å². The van der Waals surface area contributed by atoms with Crippen LogP contribution in [-0.4, -0.2) is 12.8 Å². The van der Waals surface area contributed by atoms with Gasteiger partial charge in [0, 0.05) is 12.4 Å². The summed E-state index contributed by atoms with van der Waals surface area (Å²) in [6.07, 6.45) is 8.01. The van der Waals surface area contributed by atoms with E-state index in [2.05, 4.69) is 17.4 Å². The van der Waals surface area contributed by atoms with Crippen LogP contribution in [0.4, 0.5) is 0 Å². The Balaban J connectivity index is 2.06. The number of nitrogens with zero attached hydrogens (tertiary/aromatic N) is 1. The molecule has 0 bridgehead atoms. The summed E-state index contributed by atoms with van der Waals surface area (Å²) in [4.78, 5) is 9.25. The van der Waals surface area contributed by atoms with E-state index in [1.54, 1.807) is 0 Å². The Morgan fingerprint density at radius 2 is 2.58 bits per heavy atom. The first-order valence-corrected chi connectivity index (χ1v) is 4.52. The Morgan fingerprint density at radius 1 is 1.67 bits per heavy atom. The second kappa shape index (κ2) is 5.77. The maximum absolute atomic E-state index is 5.22. The lowest BCUT2D eigenvalue weighted by Crippen LogP contribution is -2.16. The number of hydrogen-bond acceptors (Lipinski definition) is 3. The maximum atomic E-state index is 5.22. The molecule has 12 heavy (non-hydrogen) atoms. The third-order valence-electron chi connectivity index (χ3n) is 1.68. The number of unbranched alkanes of at least 4 members (excludes halogenated alkanes) is 1. The molecule has 0 fully saturated rings. The molecule has 0 aliphatic carbocycles. The van der Waals surface area contributed by atoms with E-state index >= 15 is 0 Å². The van der Waals surface area contributed by atoms with Crippen LogP contribution in [0.5, 0.6) is 0 Å². The fourth-order valence-electron chi connectivity index (χ4n) is 0.939. The minimum Gasteiger partial charge on any atom is -0.276 e. The van der Waals surface area contributed by atoms with Gasteiger partial charge in [0.1, 0.15) is 0 Å². The molecule has 0 unspecified atom stereocenters. The number of aliphatic imine (C=N–C) groups is 1. The van der Waals surface area contributed by atoms with Crippen molar-refractivity contribution < 1.29 is 4.84 Å². The van der Waals surface area contributed by atoms with Crippen LogP contribution in [0.3, 0.4) is 0 Å². The number of hydroxylamine groups is 1. The summed E-state index contributed by atoms with van der Waals surface area (Å²) in [7, 11) is 0.